The maximum atomic E-state index is 10.8. The monoisotopic (exact) mass is 332 g/mol. The Morgan fingerprint density at radius 2 is 2.10 bits per heavy atom. The number of hydrogen-bond donors (Lipinski definition) is 0. The van der Waals surface area contributed by atoms with Crippen molar-refractivity contribution in [1.29, 1.82) is 5.26 Å². The van der Waals surface area contributed by atoms with Crippen molar-refractivity contribution in [1.82, 2.24) is 0 Å². The summed E-state index contributed by atoms with van der Waals surface area (Å²) in [6.45, 7) is 0.294. The average Bonchev–Trinajstić information content (AvgIpc) is 2.45. The Hall–Kier alpha value is -2.39. The maximum Gasteiger partial charge on any atom is 0.290 e. The summed E-state index contributed by atoms with van der Waals surface area (Å²) in [7, 11) is 0. The van der Waals surface area contributed by atoms with Crippen molar-refractivity contribution < 1.29 is 9.66 Å². The van der Waals surface area contributed by atoms with Crippen molar-refractivity contribution in [3.8, 4) is 11.8 Å². The molecular formula is C14H9BrN2O3. The van der Waals surface area contributed by atoms with E-state index in [-0.39, 0.29) is 11.3 Å². The van der Waals surface area contributed by atoms with Crippen LogP contribution in [0.5, 0.6) is 5.75 Å². The van der Waals surface area contributed by atoms with Crippen molar-refractivity contribution in [3.63, 3.8) is 0 Å². The molecule has 0 unspecified atom stereocenters. The summed E-state index contributed by atoms with van der Waals surface area (Å²) in [5.41, 5.74) is 0.704. The Labute approximate surface area is 123 Å². The van der Waals surface area contributed by atoms with E-state index < -0.39 is 4.92 Å². The Morgan fingerprint density at radius 1 is 1.30 bits per heavy atom. The summed E-state index contributed by atoms with van der Waals surface area (Å²) in [5, 5.41) is 19.6. The van der Waals surface area contributed by atoms with Gasteiger partial charge in [-0.15, -0.1) is 0 Å². The lowest BCUT2D eigenvalue weighted by molar-refractivity contribution is -0.385. The van der Waals surface area contributed by atoms with Gasteiger partial charge in [-0.05, 0) is 29.8 Å². The van der Waals surface area contributed by atoms with Gasteiger partial charge in [-0.3, -0.25) is 10.1 Å². The number of benzene rings is 2. The molecule has 0 aliphatic heterocycles. The van der Waals surface area contributed by atoms with Crippen LogP contribution in [0.3, 0.4) is 0 Å². The van der Waals surface area contributed by atoms with Crippen LogP contribution in [0.2, 0.25) is 0 Å². The van der Waals surface area contributed by atoms with Gasteiger partial charge in [0.25, 0.3) is 5.69 Å². The summed E-state index contributed by atoms with van der Waals surface area (Å²) >= 11 is 3.36. The molecule has 0 radical (unpaired) electrons. The van der Waals surface area contributed by atoms with Gasteiger partial charge in [-0.25, -0.2) is 0 Å². The number of ether oxygens (including phenoxy) is 1. The number of nitriles is 1. The van der Waals surface area contributed by atoms with E-state index in [1.165, 1.54) is 12.1 Å². The minimum Gasteiger partial charge on any atom is -0.489 e. The second kappa shape index (κ2) is 6.17. The number of nitro groups is 1. The zero-order chi connectivity index (χ0) is 14.5. The van der Waals surface area contributed by atoms with Crippen LogP contribution in [-0.2, 0) is 6.61 Å². The molecule has 0 N–H and O–H groups in total. The van der Waals surface area contributed by atoms with Gasteiger partial charge in [0.05, 0.1) is 11.0 Å². The highest BCUT2D eigenvalue weighted by atomic mass is 79.9. The van der Waals surface area contributed by atoms with Gasteiger partial charge in [0.2, 0.25) is 0 Å². The number of nitro benzene ring substituents is 1. The van der Waals surface area contributed by atoms with Crippen LogP contribution in [0.4, 0.5) is 5.69 Å². The molecule has 0 heterocycles. The smallest absolute Gasteiger partial charge is 0.290 e. The molecule has 100 valence electrons. The first-order valence-electron chi connectivity index (χ1n) is 5.66. The average molecular weight is 333 g/mol. The van der Waals surface area contributed by atoms with Gasteiger partial charge in [0.15, 0.2) is 0 Å². The molecule has 5 nitrogen and oxygen atoms in total. The van der Waals surface area contributed by atoms with Crippen LogP contribution in [0.25, 0.3) is 0 Å². The molecule has 0 saturated heterocycles. The fourth-order valence-corrected chi connectivity index (χ4v) is 2.09. The lowest BCUT2D eigenvalue weighted by Crippen LogP contribution is -1.97. The summed E-state index contributed by atoms with van der Waals surface area (Å²) in [6.07, 6.45) is 0. The van der Waals surface area contributed by atoms with Crippen LogP contribution in [0, 0.1) is 21.4 Å². The molecule has 6 heteroatoms. The molecular weight excluding hydrogens is 324 g/mol. The minimum absolute atomic E-state index is 0.0183. The van der Waals surface area contributed by atoms with Crippen LogP contribution in [0.1, 0.15) is 11.1 Å². The topological polar surface area (TPSA) is 76.2 Å². The molecule has 2 aromatic rings. The van der Waals surface area contributed by atoms with E-state index in [9.17, 15) is 10.1 Å². The van der Waals surface area contributed by atoms with E-state index in [0.29, 0.717) is 12.4 Å². The first-order valence-corrected chi connectivity index (χ1v) is 6.45. The third kappa shape index (κ3) is 3.33. The largest absolute Gasteiger partial charge is 0.489 e. The first-order chi connectivity index (χ1) is 9.60. The SMILES string of the molecule is N#Cc1ccc(OCc2cccc(Br)c2)cc1[N+](=O)[O-]. The van der Waals surface area contributed by atoms with Gasteiger partial charge in [0, 0.05) is 4.47 Å². The molecule has 0 atom stereocenters. The van der Waals surface area contributed by atoms with E-state index in [4.69, 9.17) is 10.00 Å². The Morgan fingerprint density at radius 3 is 2.75 bits per heavy atom. The van der Waals surface area contributed by atoms with E-state index >= 15 is 0 Å². The lowest BCUT2D eigenvalue weighted by atomic mass is 10.2. The summed E-state index contributed by atoms with van der Waals surface area (Å²) < 4.78 is 6.44. The van der Waals surface area contributed by atoms with Gasteiger partial charge in [-0.1, -0.05) is 28.1 Å². The number of nitrogens with zero attached hydrogens (tertiary/aromatic N) is 2. The van der Waals surface area contributed by atoms with E-state index in [1.54, 1.807) is 12.1 Å². The number of halogens is 1. The highest BCUT2D eigenvalue weighted by Crippen LogP contribution is 2.25. The third-order valence-corrected chi connectivity index (χ3v) is 3.07. The fraction of sp³-hybridized carbons (Fsp3) is 0.0714. The summed E-state index contributed by atoms with van der Waals surface area (Å²) in [5.74, 6) is 0.357. The van der Waals surface area contributed by atoms with Crippen molar-refractivity contribution in [2.45, 2.75) is 6.61 Å². The molecule has 0 aliphatic carbocycles. The van der Waals surface area contributed by atoms with Crippen LogP contribution in [-0.4, -0.2) is 4.92 Å². The Bertz CT molecular complexity index is 695. The van der Waals surface area contributed by atoms with Crippen molar-refractivity contribution >= 4 is 21.6 Å². The lowest BCUT2D eigenvalue weighted by Gasteiger charge is -2.07. The standard InChI is InChI=1S/C14H9BrN2O3/c15-12-3-1-2-10(6-12)9-20-13-5-4-11(8-16)14(7-13)17(18)19/h1-7H,9H2. The van der Waals surface area contributed by atoms with E-state index in [2.05, 4.69) is 15.9 Å². The predicted molar refractivity (Wildman–Crippen MR) is 76.3 cm³/mol. The normalized spacial score (nSPS) is 9.80. The summed E-state index contributed by atoms with van der Waals surface area (Å²) in [4.78, 5) is 10.3. The molecule has 0 amide bonds. The zero-order valence-corrected chi connectivity index (χ0v) is 11.8. The van der Waals surface area contributed by atoms with Crippen molar-refractivity contribution in [2.75, 3.05) is 0 Å². The molecule has 0 bridgehead atoms. The quantitative estimate of drug-likeness (QED) is 0.630. The number of rotatable bonds is 4. The van der Waals surface area contributed by atoms with Crippen molar-refractivity contribution in [2.24, 2.45) is 0 Å². The van der Waals surface area contributed by atoms with Crippen LogP contribution < -0.4 is 4.74 Å². The van der Waals surface area contributed by atoms with Crippen molar-refractivity contribution in [3.05, 3.63) is 68.2 Å². The van der Waals surface area contributed by atoms with Gasteiger partial charge < -0.3 is 4.74 Å². The second-order valence-corrected chi connectivity index (χ2v) is 4.88. The maximum absolute atomic E-state index is 10.8. The van der Waals surface area contributed by atoms with E-state index in [0.717, 1.165) is 10.0 Å². The van der Waals surface area contributed by atoms with Crippen LogP contribution >= 0.6 is 15.9 Å². The molecule has 20 heavy (non-hydrogen) atoms. The predicted octanol–water partition coefficient (Wildman–Crippen LogP) is 3.81. The molecule has 0 aliphatic rings. The second-order valence-electron chi connectivity index (χ2n) is 3.97. The van der Waals surface area contributed by atoms with Crippen LogP contribution in [0.15, 0.2) is 46.9 Å². The molecule has 0 spiro atoms. The van der Waals surface area contributed by atoms with Gasteiger partial charge >= 0.3 is 0 Å². The highest BCUT2D eigenvalue weighted by molar-refractivity contribution is 9.10. The van der Waals surface area contributed by atoms with Gasteiger partial charge in [0.1, 0.15) is 24.0 Å². The fourth-order valence-electron chi connectivity index (χ4n) is 1.64. The highest BCUT2D eigenvalue weighted by Gasteiger charge is 2.14. The molecule has 0 saturated carbocycles. The third-order valence-electron chi connectivity index (χ3n) is 2.58. The Balaban J connectivity index is 2.16. The molecule has 0 aromatic heterocycles. The Kier molecular flexibility index (Phi) is 4.33. The first kappa shape index (κ1) is 14.0. The molecule has 0 fully saturated rings. The minimum atomic E-state index is -0.593. The molecule has 2 aromatic carbocycles. The van der Waals surface area contributed by atoms with E-state index in [1.807, 2.05) is 24.3 Å². The zero-order valence-electron chi connectivity index (χ0n) is 10.2. The van der Waals surface area contributed by atoms with Gasteiger partial charge in [-0.2, -0.15) is 5.26 Å². The molecule has 2 rings (SSSR count). The number of hydrogen-bond acceptors (Lipinski definition) is 4. The summed E-state index contributed by atoms with van der Waals surface area (Å²) in [6, 6.07) is 13.5.